The van der Waals surface area contributed by atoms with Gasteiger partial charge in [-0.05, 0) is 26.3 Å². The molecule has 1 saturated heterocycles. The maximum Gasteiger partial charge on any atom is 0.227 e. The van der Waals surface area contributed by atoms with Gasteiger partial charge in [-0.3, -0.25) is 0 Å². The Bertz CT molecular complexity index is 1030. The average Bonchev–Trinajstić information content (AvgIpc) is 3.12. The highest BCUT2D eigenvalue weighted by molar-refractivity contribution is 6.21. The van der Waals surface area contributed by atoms with Crippen LogP contribution in [0, 0.1) is 0 Å². The Balaban J connectivity index is 1.57. The molecule has 0 amide bonds. The molecule has 3 aromatic rings. The summed E-state index contributed by atoms with van der Waals surface area (Å²) in [7, 11) is 1.69. The van der Waals surface area contributed by atoms with Crippen LogP contribution in [0.1, 0.15) is 32.1 Å². The first-order valence-corrected chi connectivity index (χ1v) is 10.4. The number of ether oxygens (including phenoxy) is 1. The highest BCUT2D eigenvalue weighted by Gasteiger charge is 2.29. The molecule has 2 atom stereocenters. The number of aliphatic hydroxyl groups is 1. The van der Waals surface area contributed by atoms with E-state index in [1.165, 1.54) is 0 Å². The molecular weight excluding hydrogens is 406 g/mol. The molecule has 2 unspecified atom stereocenters. The van der Waals surface area contributed by atoms with Gasteiger partial charge in [0.15, 0.2) is 0 Å². The summed E-state index contributed by atoms with van der Waals surface area (Å²) in [5.41, 5.74) is 1.66. The van der Waals surface area contributed by atoms with Crippen molar-refractivity contribution in [2.75, 3.05) is 30.4 Å². The van der Waals surface area contributed by atoms with Crippen LogP contribution < -0.4 is 10.2 Å². The molecular formula is C20H26ClN7O2. The smallest absolute Gasteiger partial charge is 0.227 e. The van der Waals surface area contributed by atoms with E-state index >= 15 is 0 Å². The fraction of sp³-hybridized carbons (Fsp3) is 0.500. The standard InChI is InChI=1S/C20H26ClN7O2/c1-12(2)28-15-8-18(23-9-14(15)24-19(28)11-29)25-17-4-6-22-20(26-17)27-7-5-16(30-3)13(21)10-27/h4,6,8-9,12-13,16,29H,5,7,10-11H2,1-3H3,(H,22,23,25,26). The molecule has 4 rings (SSSR count). The number of rotatable bonds is 6. The molecule has 10 heteroatoms. The van der Waals surface area contributed by atoms with Gasteiger partial charge in [0.1, 0.15) is 29.6 Å². The fourth-order valence-corrected chi connectivity index (χ4v) is 4.23. The third kappa shape index (κ3) is 4.05. The van der Waals surface area contributed by atoms with Crippen molar-refractivity contribution in [3.05, 3.63) is 30.4 Å². The minimum Gasteiger partial charge on any atom is -0.388 e. The van der Waals surface area contributed by atoms with Crippen molar-refractivity contribution < 1.29 is 9.84 Å². The number of aliphatic hydroxyl groups excluding tert-OH is 1. The molecule has 0 saturated carbocycles. The molecule has 1 aliphatic rings. The van der Waals surface area contributed by atoms with Crippen molar-refractivity contribution in [3.63, 3.8) is 0 Å². The van der Waals surface area contributed by atoms with E-state index in [1.807, 2.05) is 10.6 Å². The number of aromatic nitrogens is 5. The number of anilines is 3. The van der Waals surface area contributed by atoms with Gasteiger partial charge in [0.2, 0.25) is 5.95 Å². The van der Waals surface area contributed by atoms with E-state index in [1.54, 1.807) is 25.6 Å². The first-order chi connectivity index (χ1) is 14.5. The normalized spacial score (nSPS) is 19.6. The van der Waals surface area contributed by atoms with Gasteiger partial charge >= 0.3 is 0 Å². The van der Waals surface area contributed by atoms with Crippen LogP contribution in [0.4, 0.5) is 17.6 Å². The van der Waals surface area contributed by atoms with Crippen molar-refractivity contribution in [2.24, 2.45) is 0 Å². The van der Waals surface area contributed by atoms with Crippen LogP contribution in [0.15, 0.2) is 24.5 Å². The average molecular weight is 432 g/mol. The van der Waals surface area contributed by atoms with Gasteiger partial charge in [-0.1, -0.05) is 0 Å². The molecule has 0 bridgehead atoms. The SMILES string of the molecule is COC1CCN(c2nccc(Nc3cc4c(cn3)nc(CO)n4C(C)C)n2)CC1Cl. The number of hydrogen-bond donors (Lipinski definition) is 2. The van der Waals surface area contributed by atoms with E-state index in [4.69, 9.17) is 16.3 Å². The Kier molecular flexibility index (Phi) is 6.03. The monoisotopic (exact) mass is 431 g/mol. The van der Waals surface area contributed by atoms with Crippen LogP contribution in [0.5, 0.6) is 0 Å². The first kappa shape index (κ1) is 20.8. The molecule has 2 N–H and O–H groups in total. The number of alkyl halides is 1. The van der Waals surface area contributed by atoms with E-state index < -0.39 is 0 Å². The molecule has 160 valence electrons. The molecule has 4 heterocycles. The second-order valence-electron chi connectivity index (χ2n) is 7.60. The first-order valence-electron chi connectivity index (χ1n) is 9.99. The van der Waals surface area contributed by atoms with E-state index in [2.05, 4.69) is 44.0 Å². The van der Waals surface area contributed by atoms with Gasteiger partial charge in [-0.15, -0.1) is 11.6 Å². The lowest BCUT2D eigenvalue weighted by atomic mass is 10.1. The summed E-state index contributed by atoms with van der Waals surface area (Å²) in [6.07, 6.45) is 4.30. The van der Waals surface area contributed by atoms with Crippen molar-refractivity contribution in [1.82, 2.24) is 24.5 Å². The Hall–Kier alpha value is -2.49. The summed E-state index contributed by atoms with van der Waals surface area (Å²) in [6, 6.07) is 3.88. The minimum absolute atomic E-state index is 0.0507. The quantitative estimate of drug-likeness (QED) is 0.574. The number of nitrogens with zero attached hydrogens (tertiary/aromatic N) is 6. The van der Waals surface area contributed by atoms with E-state index in [-0.39, 0.29) is 24.1 Å². The van der Waals surface area contributed by atoms with E-state index in [0.29, 0.717) is 30.0 Å². The van der Waals surface area contributed by atoms with Crippen LogP contribution in [0.25, 0.3) is 11.0 Å². The van der Waals surface area contributed by atoms with Crippen LogP contribution in [-0.2, 0) is 11.3 Å². The highest BCUT2D eigenvalue weighted by atomic mass is 35.5. The highest BCUT2D eigenvalue weighted by Crippen LogP contribution is 2.26. The zero-order chi connectivity index (χ0) is 21.3. The molecule has 1 fully saturated rings. The fourth-order valence-electron chi connectivity index (χ4n) is 3.84. The number of piperidine rings is 1. The minimum atomic E-state index is -0.119. The van der Waals surface area contributed by atoms with Crippen molar-refractivity contribution in [3.8, 4) is 0 Å². The summed E-state index contributed by atoms with van der Waals surface area (Å²) in [5.74, 6) is 2.53. The van der Waals surface area contributed by atoms with Crippen molar-refractivity contribution >= 4 is 40.2 Å². The number of imidazole rings is 1. The summed E-state index contributed by atoms with van der Waals surface area (Å²) < 4.78 is 7.43. The van der Waals surface area contributed by atoms with Gasteiger partial charge in [-0.2, -0.15) is 4.98 Å². The van der Waals surface area contributed by atoms with E-state index in [9.17, 15) is 5.11 Å². The second kappa shape index (κ2) is 8.71. The molecule has 1 aliphatic heterocycles. The maximum atomic E-state index is 9.62. The number of nitrogens with one attached hydrogen (secondary N) is 1. The van der Waals surface area contributed by atoms with Crippen LogP contribution in [0.2, 0.25) is 0 Å². The van der Waals surface area contributed by atoms with Gasteiger partial charge < -0.3 is 24.6 Å². The second-order valence-corrected chi connectivity index (χ2v) is 8.16. The topological polar surface area (TPSA) is 101 Å². The van der Waals surface area contributed by atoms with Crippen molar-refractivity contribution in [2.45, 2.75) is 44.4 Å². The van der Waals surface area contributed by atoms with Gasteiger partial charge in [0, 0.05) is 38.5 Å². The predicted molar refractivity (Wildman–Crippen MR) is 116 cm³/mol. The predicted octanol–water partition coefficient (Wildman–Crippen LogP) is 2.87. The lowest BCUT2D eigenvalue weighted by Crippen LogP contribution is -2.45. The van der Waals surface area contributed by atoms with Gasteiger partial charge in [0.05, 0.1) is 23.2 Å². The Morgan fingerprint density at radius 2 is 2.13 bits per heavy atom. The summed E-state index contributed by atoms with van der Waals surface area (Å²) in [6.45, 7) is 5.41. The third-order valence-electron chi connectivity index (χ3n) is 5.27. The number of hydrogen-bond acceptors (Lipinski definition) is 8. The van der Waals surface area contributed by atoms with Crippen LogP contribution >= 0.6 is 11.6 Å². The van der Waals surface area contributed by atoms with Crippen molar-refractivity contribution in [1.29, 1.82) is 0 Å². The number of methoxy groups -OCH3 is 1. The summed E-state index contributed by atoms with van der Waals surface area (Å²) in [5, 5.41) is 12.8. The van der Waals surface area contributed by atoms with E-state index in [0.717, 1.165) is 24.0 Å². The summed E-state index contributed by atoms with van der Waals surface area (Å²) >= 11 is 6.43. The lowest BCUT2D eigenvalue weighted by molar-refractivity contribution is 0.0849. The van der Waals surface area contributed by atoms with Gasteiger partial charge in [-0.25, -0.2) is 15.0 Å². The molecule has 3 aromatic heterocycles. The van der Waals surface area contributed by atoms with Crippen LogP contribution in [-0.4, -0.2) is 61.3 Å². The molecule has 9 nitrogen and oxygen atoms in total. The third-order valence-corrected chi connectivity index (χ3v) is 5.69. The Morgan fingerprint density at radius 1 is 1.30 bits per heavy atom. The molecule has 0 spiro atoms. The summed E-state index contributed by atoms with van der Waals surface area (Å²) in [4.78, 5) is 20.0. The molecule has 30 heavy (non-hydrogen) atoms. The maximum absolute atomic E-state index is 9.62. The largest absolute Gasteiger partial charge is 0.388 e. The number of pyridine rings is 1. The Morgan fingerprint density at radius 3 is 2.83 bits per heavy atom. The van der Waals surface area contributed by atoms with Gasteiger partial charge in [0.25, 0.3) is 0 Å². The number of fused-ring (bicyclic) bond motifs is 1. The lowest BCUT2D eigenvalue weighted by Gasteiger charge is -2.34. The van der Waals surface area contributed by atoms with Crippen LogP contribution in [0.3, 0.4) is 0 Å². The zero-order valence-electron chi connectivity index (χ0n) is 17.3. The number of halogens is 1. The molecule has 0 aromatic carbocycles. The molecule has 0 radical (unpaired) electrons. The Labute approximate surface area is 180 Å². The molecule has 0 aliphatic carbocycles. The zero-order valence-corrected chi connectivity index (χ0v) is 18.0.